The summed E-state index contributed by atoms with van der Waals surface area (Å²) in [4.78, 5) is 18.4. The Balaban J connectivity index is 1.66. The fraction of sp³-hybridized carbons (Fsp3) is 0.250. The highest BCUT2D eigenvalue weighted by Crippen LogP contribution is 2.30. The fourth-order valence-electron chi connectivity index (χ4n) is 3.49. The second kappa shape index (κ2) is 6.16. The number of nitrogens with one attached hydrogen (secondary N) is 1. The highest BCUT2D eigenvalue weighted by molar-refractivity contribution is 5.97. The highest BCUT2D eigenvalue weighted by atomic mass is 16.5. The molecular weight excluding hydrogens is 316 g/mol. The minimum absolute atomic E-state index is 0.0181. The van der Waals surface area contributed by atoms with E-state index < -0.39 is 0 Å². The molecule has 5 nitrogen and oxygen atoms in total. The van der Waals surface area contributed by atoms with Gasteiger partial charge < -0.3 is 19.4 Å². The minimum Gasteiger partial charge on any atom is -0.497 e. The number of aromatic nitrogens is 1. The van der Waals surface area contributed by atoms with Crippen molar-refractivity contribution < 1.29 is 14.3 Å². The van der Waals surface area contributed by atoms with Gasteiger partial charge in [0.2, 0.25) is 0 Å². The Hall–Kier alpha value is -2.95. The third kappa shape index (κ3) is 2.61. The summed E-state index contributed by atoms with van der Waals surface area (Å²) in [6.45, 7) is 1.29. The van der Waals surface area contributed by atoms with Gasteiger partial charge in [-0.15, -0.1) is 0 Å². The van der Waals surface area contributed by atoms with Crippen LogP contribution in [0.5, 0.6) is 11.5 Å². The van der Waals surface area contributed by atoms with Gasteiger partial charge in [-0.25, -0.2) is 0 Å². The highest BCUT2D eigenvalue weighted by Gasteiger charge is 2.26. The zero-order valence-corrected chi connectivity index (χ0v) is 14.3. The maximum absolute atomic E-state index is 13.0. The quantitative estimate of drug-likeness (QED) is 0.798. The summed E-state index contributed by atoms with van der Waals surface area (Å²) in [6, 6.07) is 13.5. The van der Waals surface area contributed by atoms with Gasteiger partial charge in [-0.3, -0.25) is 4.79 Å². The first-order valence-corrected chi connectivity index (χ1v) is 8.31. The van der Waals surface area contributed by atoms with E-state index in [0.29, 0.717) is 30.2 Å². The average molecular weight is 336 g/mol. The summed E-state index contributed by atoms with van der Waals surface area (Å²) in [6.07, 6.45) is 0.828. The summed E-state index contributed by atoms with van der Waals surface area (Å²) >= 11 is 0. The van der Waals surface area contributed by atoms with Crippen molar-refractivity contribution in [2.75, 3.05) is 20.8 Å². The molecule has 0 radical (unpaired) electrons. The predicted octanol–water partition coefficient (Wildman–Crippen LogP) is 3.38. The maximum Gasteiger partial charge on any atom is 0.257 e. The molecule has 1 N–H and O–H groups in total. The molecule has 0 atom stereocenters. The number of para-hydroxylation sites is 1. The average Bonchev–Trinajstić information content (AvgIpc) is 3.04. The SMILES string of the molecule is COc1ccc(C(=O)N2CCc3[nH]c4ccccc4c3C2)c(OC)c1. The first-order valence-electron chi connectivity index (χ1n) is 8.31. The van der Waals surface area contributed by atoms with E-state index in [0.717, 1.165) is 11.9 Å². The van der Waals surface area contributed by atoms with Crippen molar-refractivity contribution in [3.8, 4) is 11.5 Å². The number of benzene rings is 2. The number of hydrogen-bond donors (Lipinski definition) is 1. The molecule has 0 bridgehead atoms. The van der Waals surface area contributed by atoms with E-state index >= 15 is 0 Å². The molecule has 1 aliphatic heterocycles. The lowest BCUT2D eigenvalue weighted by Gasteiger charge is -2.28. The van der Waals surface area contributed by atoms with Gasteiger partial charge in [0.05, 0.1) is 19.8 Å². The molecule has 5 heteroatoms. The molecule has 4 rings (SSSR count). The molecule has 128 valence electrons. The summed E-state index contributed by atoms with van der Waals surface area (Å²) < 4.78 is 10.6. The van der Waals surface area contributed by atoms with Crippen molar-refractivity contribution in [1.82, 2.24) is 9.88 Å². The number of rotatable bonds is 3. The summed E-state index contributed by atoms with van der Waals surface area (Å²) in [5, 5.41) is 1.19. The summed E-state index contributed by atoms with van der Waals surface area (Å²) in [7, 11) is 3.17. The van der Waals surface area contributed by atoms with Gasteiger partial charge in [0.1, 0.15) is 11.5 Å². The second-order valence-electron chi connectivity index (χ2n) is 6.17. The number of fused-ring (bicyclic) bond motifs is 3. The van der Waals surface area contributed by atoms with E-state index in [2.05, 4.69) is 17.1 Å². The molecule has 0 saturated heterocycles. The Morgan fingerprint density at radius 1 is 1.12 bits per heavy atom. The van der Waals surface area contributed by atoms with Crippen LogP contribution in [0.1, 0.15) is 21.6 Å². The van der Waals surface area contributed by atoms with Crippen LogP contribution < -0.4 is 9.47 Å². The lowest BCUT2D eigenvalue weighted by Crippen LogP contribution is -2.36. The van der Waals surface area contributed by atoms with Gasteiger partial charge in [0.25, 0.3) is 5.91 Å². The molecule has 25 heavy (non-hydrogen) atoms. The van der Waals surface area contributed by atoms with E-state index in [1.165, 1.54) is 16.6 Å². The van der Waals surface area contributed by atoms with Crippen LogP contribution in [0.15, 0.2) is 42.5 Å². The zero-order valence-electron chi connectivity index (χ0n) is 14.3. The van der Waals surface area contributed by atoms with E-state index in [9.17, 15) is 4.79 Å². The summed E-state index contributed by atoms with van der Waals surface area (Å²) in [5.74, 6) is 1.19. The third-order valence-corrected chi connectivity index (χ3v) is 4.81. The normalized spacial score (nSPS) is 13.6. The Morgan fingerprint density at radius 3 is 2.76 bits per heavy atom. The zero-order chi connectivity index (χ0) is 17.4. The Morgan fingerprint density at radius 2 is 1.96 bits per heavy atom. The molecule has 0 spiro atoms. The van der Waals surface area contributed by atoms with Crippen LogP contribution in [0.25, 0.3) is 10.9 Å². The Kier molecular flexibility index (Phi) is 3.84. The first-order chi connectivity index (χ1) is 12.2. The second-order valence-corrected chi connectivity index (χ2v) is 6.17. The number of methoxy groups -OCH3 is 2. The van der Waals surface area contributed by atoms with Crippen molar-refractivity contribution in [2.24, 2.45) is 0 Å². The van der Waals surface area contributed by atoms with Crippen molar-refractivity contribution in [3.05, 3.63) is 59.3 Å². The van der Waals surface area contributed by atoms with Gasteiger partial charge in [0, 0.05) is 47.7 Å². The van der Waals surface area contributed by atoms with Crippen LogP contribution in [0.4, 0.5) is 0 Å². The standard InChI is InChI=1S/C20H20N2O3/c1-24-13-7-8-15(19(11-13)25-2)20(23)22-10-9-18-16(12-22)14-5-3-4-6-17(14)21-18/h3-8,11,21H,9-10,12H2,1-2H3. The van der Waals surface area contributed by atoms with Crippen LogP contribution in [-0.4, -0.2) is 36.6 Å². The molecule has 2 heterocycles. The van der Waals surface area contributed by atoms with Crippen molar-refractivity contribution in [2.45, 2.75) is 13.0 Å². The largest absolute Gasteiger partial charge is 0.497 e. The third-order valence-electron chi connectivity index (χ3n) is 4.81. The molecular formula is C20H20N2O3. The number of amides is 1. The Labute approximate surface area is 146 Å². The molecule has 0 aliphatic carbocycles. The van der Waals surface area contributed by atoms with Crippen LogP contribution in [0.2, 0.25) is 0 Å². The van der Waals surface area contributed by atoms with Gasteiger partial charge in [-0.05, 0) is 18.2 Å². The number of aromatic amines is 1. The molecule has 1 aliphatic rings. The van der Waals surface area contributed by atoms with Crippen LogP contribution in [-0.2, 0) is 13.0 Å². The molecule has 0 saturated carbocycles. The fourth-order valence-corrected chi connectivity index (χ4v) is 3.49. The molecule has 0 unspecified atom stereocenters. The monoisotopic (exact) mass is 336 g/mol. The van der Waals surface area contributed by atoms with E-state index in [1.807, 2.05) is 17.0 Å². The van der Waals surface area contributed by atoms with Gasteiger partial charge in [0.15, 0.2) is 0 Å². The predicted molar refractivity (Wildman–Crippen MR) is 96.3 cm³/mol. The molecule has 0 fully saturated rings. The van der Waals surface area contributed by atoms with Crippen LogP contribution in [0, 0.1) is 0 Å². The first kappa shape index (κ1) is 15.6. The topological polar surface area (TPSA) is 54.6 Å². The van der Waals surface area contributed by atoms with Crippen LogP contribution in [0.3, 0.4) is 0 Å². The number of carbonyl (C=O) groups excluding carboxylic acids is 1. The van der Waals surface area contributed by atoms with Gasteiger partial charge >= 0.3 is 0 Å². The minimum atomic E-state index is -0.0181. The maximum atomic E-state index is 13.0. The van der Waals surface area contributed by atoms with Gasteiger partial charge in [-0.2, -0.15) is 0 Å². The van der Waals surface area contributed by atoms with Crippen molar-refractivity contribution in [3.63, 3.8) is 0 Å². The smallest absolute Gasteiger partial charge is 0.257 e. The van der Waals surface area contributed by atoms with Crippen LogP contribution >= 0.6 is 0 Å². The molecule has 1 aromatic heterocycles. The number of hydrogen-bond acceptors (Lipinski definition) is 3. The number of nitrogens with zero attached hydrogens (tertiary/aromatic N) is 1. The van der Waals surface area contributed by atoms with Crippen molar-refractivity contribution >= 4 is 16.8 Å². The lowest BCUT2D eigenvalue weighted by atomic mass is 10.0. The molecule has 2 aromatic carbocycles. The molecule has 1 amide bonds. The van der Waals surface area contributed by atoms with E-state index in [1.54, 1.807) is 32.4 Å². The summed E-state index contributed by atoms with van der Waals surface area (Å²) in [5.41, 5.74) is 4.13. The number of carbonyl (C=O) groups is 1. The molecule has 3 aromatic rings. The lowest BCUT2D eigenvalue weighted by molar-refractivity contribution is 0.0731. The Bertz CT molecular complexity index is 945. The van der Waals surface area contributed by atoms with E-state index in [-0.39, 0.29) is 5.91 Å². The number of H-pyrrole nitrogens is 1. The van der Waals surface area contributed by atoms with Crippen molar-refractivity contribution in [1.29, 1.82) is 0 Å². The van der Waals surface area contributed by atoms with Gasteiger partial charge in [-0.1, -0.05) is 18.2 Å². The van der Waals surface area contributed by atoms with E-state index in [4.69, 9.17) is 9.47 Å². The number of ether oxygens (including phenoxy) is 2.